The molecular formula is C32H30F4N6O3S. The number of hydrogen-bond acceptors (Lipinski definition) is 6. The van der Waals surface area contributed by atoms with Crippen LogP contribution in [0.1, 0.15) is 72.4 Å². The number of benzene rings is 1. The first kappa shape index (κ1) is 30.5. The van der Waals surface area contributed by atoms with Gasteiger partial charge in [-0.25, -0.2) is 17.5 Å². The van der Waals surface area contributed by atoms with E-state index >= 15 is 0 Å². The fourth-order valence-electron chi connectivity index (χ4n) is 6.81. The molecule has 2 saturated carbocycles. The number of aromatic nitrogens is 5. The number of hydrogen-bond donors (Lipinski definition) is 0. The van der Waals surface area contributed by atoms with Crippen LogP contribution in [0.2, 0.25) is 0 Å². The minimum atomic E-state index is -4.62. The SMILES string of the molecule is CCN([C@H]1CCC2=Cc3c(cnn3-c3ccc(F)cc3)C[C@]2(C(=O)c2ccc(C(F)(F)F)cn2)C1)S(=O)(=O)c1cnn(C2CC2)c1. The highest BCUT2D eigenvalue weighted by atomic mass is 32.2. The van der Waals surface area contributed by atoms with Crippen LogP contribution in [0.4, 0.5) is 17.6 Å². The Morgan fingerprint density at radius 1 is 1.04 bits per heavy atom. The molecule has 2 fully saturated rings. The predicted molar refractivity (Wildman–Crippen MR) is 159 cm³/mol. The van der Waals surface area contributed by atoms with E-state index in [2.05, 4.69) is 15.2 Å². The van der Waals surface area contributed by atoms with E-state index in [4.69, 9.17) is 0 Å². The molecule has 240 valence electrons. The Balaban J connectivity index is 1.28. The van der Waals surface area contributed by atoms with Crippen molar-refractivity contribution in [2.45, 2.75) is 68.6 Å². The zero-order chi connectivity index (χ0) is 32.4. The second-order valence-electron chi connectivity index (χ2n) is 12.1. The van der Waals surface area contributed by atoms with E-state index in [0.717, 1.165) is 30.5 Å². The lowest BCUT2D eigenvalue weighted by atomic mass is 9.60. The summed E-state index contributed by atoms with van der Waals surface area (Å²) in [5.74, 6) is -0.877. The molecule has 0 amide bonds. The number of fused-ring (bicyclic) bond motifs is 2. The quantitative estimate of drug-likeness (QED) is 0.170. The van der Waals surface area contributed by atoms with Gasteiger partial charge in [-0.05, 0) is 86.6 Å². The molecule has 7 rings (SSSR count). The highest BCUT2D eigenvalue weighted by molar-refractivity contribution is 7.89. The monoisotopic (exact) mass is 654 g/mol. The van der Waals surface area contributed by atoms with Crippen molar-refractivity contribution in [3.8, 4) is 5.69 Å². The molecule has 3 aliphatic rings. The Labute approximate surface area is 262 Å². The fourth-order valence-corrected chi connectivity index (χ4v) is 8.42. The Morgan fingerprint density at radius 3 is 2.46 bits per heavy atom. The molecule has 46 heavy (non-hydrogen) atoms. The molecule has 0 N–H and O–H groups in total. The molecule has 3 aliphatic carbocycles. The molecule has 0 radical (unpaired) electrons. The van der Waals surface area contributed by atoms with Gasteiger partial charge in [0.25, 0.3) is 0 Å². The summed E-state index contributed by atoms with van der Waals surface area (Å²) < 4.78 is 86.2. The number of pyridine rings is 1. The Morgan fingerprint density at radius 2 is 1.80 bits per heavy atom. The zero-order valence-corrected chi connectivity index (χ0v) is 25.6. The van der Waals surface area contributed by atoms with E-state index in [-0.39, 0.29) is 36.0 Å². The maximum absolute atomic E-state index is 14.5. The van der Waals surface area contributed by atoms with E-state index < -0.39 is 44.8 Å². The largest absolute Gasteiger partial charge is 0.417 e. The van der Waals surface area contributed by atoms with Gasteiger partial charge in [0.15, 0.2) is 5.78 Å². The number of rotatable bonds is 8. The number of Topliss-reactive ketones (excluding diaryl/α,β-unsaturated/α-hetero) is 1. The zero-order valence-electron chi connectivity index (χ0n) is 24.8. The number of ketones is 1. The number of allylic oxidation sites excluding steroid dienone is 1. The van der Waals surface area contributed by atoms with Gasteiger partial charge in [0.1, 0.15) is 16.4 Å². The Kier molecular flexibility index (Phi) is 7.27. The van der Waals surface area contributed by atoms with E-state index in [1.54, 1.807) is 40.8 Å². The van der Waals surface area contributed by atoms with Gasteiger partial charge in [-0.1, -0.05) is 12.5 Å². The highest BCUT2D eigenvalue weighted by Gasteiger charge is 2.51. The van der Waals surface area contributed by atoms with Gasteiger partial charge in [0.2, 0.25) is 10.0 Å². The number of carbonyl (C=O) groups is 1. The van der Waals surface area contributed by atoms with E-state index in [0.29, 0.717) is 36.0 Å². The highest BCUT2D eigenvalue weighted by Crippen LogP contribution is 2.51. The van der Waals surface area contributed by atoms with Crippen molar-refractivity contribution in [1.82, 2.24) is 28.9 Å². The summed E-state index contributed by atoms with van der Waals surface area (Å²) in [6, 6.07) is 7.36. The molecule has 0 saturated heterocycles. The topological polar surface area (TPSA) is 103 Å². The van der Waals surface area contributed by atoms with Crippen molar-refractivity contribution < 1.29 is 30.8 Å². The molecule has 0 unspecified atom stereocenters. The van der Waals surface area contributed by atoms with Crippen LogP contribution in [0.25, 0.3) is 11.8 Å². The molecule has 3 aromatic heterocycles. The van der Waals surface area contributed by atoms with E-state index in [1.807, 2.05) is 6.08 Å². The first-order valence-electron chi connectivity index (χ1n) is 15.1. The smallest absolute Gasteiger partial charge is 0.291 e. The molecule has 4 aromatic rings. The maximum Gasteiger partial charge on any atom is 0.417 e. The number of alkyl halides is 3. The van der Waals surface area contributed by atoms with Crippen LogP contribution >= 0.6 is 0 Å². The summed E-state index contributed by atoms with van der Waals surface area (Å²) in [7, 11) is -3.98. The van der Waals surface area contributed by atoms with Gasteiger partial charge in [0, 0.05) is 25.0 Å². The van der Waals surface area contributed by atoms with Crippen molar-refractivity contribution in [3.63, 3.8) is 0 Å². The van der Waals surface area contributed by atoms with Crippen LogP contribution in [0.3, 0.4) is 0 Å². The van der Waals surface area contributed by atoms with Crippen molar-refractivity contribution in [2.75, 3.05) is 6.54 Å². The van der Waals surface area contributed by atoms with Gasteiger partial charge in [-0.2, -0.15) is 27.7 Å². The van der Waals surface area contributed by atoms with Crippen molar-refractivity contribution in [3.05, 3.63) is 95.1 Å². The summed E-state index contributed by atoms with van der Waals surface area (Å²) in [6.07, 6.45) is 5.32. The van der Waals surface area contributed by atoms with Gasteiger partial charge in [-0.3, -0.25) is 14.5 Å². The number of nitrogens with zero attached hydrogens (tertiary/aromatic N) is 6. The second-order valence-corrected chi connectivity index (χ2v) is 14.0. The summed E-state index contributed by atoms with van der Waals surface area (Å²) in [4.78, 5) is 18.5. The third kappa shape index (κ3) is 5.16. The average molecular weight is 655 g/mol. The van der Waals surface area contributed by atoms with Crippen molar-refractivity contribution in [2.24, 2.45) is 5.41 Å². The van der Waals surface area contributed by atoms with Gasteiger partial charge in [0.05, 0.1) is 40.8 Å². The lowest BCUT2D eigenvalue weighted by molar-refractivity contribution is -0.137. The molecule has 14 heteroatoms. The molecule has 2 atom stereocenters. The fraction of sp³-hybridized carbons (Fsp3) is 0.375. The van der Waals surface area contributed by atoms with Gasteiger partial charge < -0.3 is 0 Å². The van der Waals surface area contributed by atoms with Crippen molar-refractivity contribution >= 4 is 21.9 Å². The summed E-state index contributed by atoms with van der Waals surface area (Å²) in [5.41, 5.74) is 0.363. The first-order chi connectivity index (χ1) is 21.9. The molecule has 9 nitrogen and oxygen atoms in total. The van der Waals surface area contributed by atoms with Crippen molar-refractivity contribution in [1.29, 1.82) is 0 Å². The van der Waals surface area contributed by atoms with E-state index in [9.17, 15) is 30.8 Å². The van der Waals surface area contributed by atoms with Crippen LogP contribution in [-0.4, -0.2) is 55.6 Å². The van der Waals surface area contributed by atoms with Crippen LogP contribution in [0.5, 0.6) is 0 Å². The van der Waals surface area contributed by atoms with E-state index in [1.165, 1.54) is 22.6 Å². The number of sulfonamides is 1. The average Bonchev–Trinajstić information content (AvgIpc) is 3.61. The normalized spacial score (nSPS) is 21.5. The summed E-state index contributed by atoms with van der Waals surface area (Å²) >= 11 is 0. The Hall–Kier alpha value is -4.17. The molecule has 1 aromatic carbocycles. The molecule has 3 heterocycles. The molecule has 0 aliphatic heterocycles. The first-order valence-corrected chi connectivity index (χ1v) is 16.5. The predicted octanol–water partition coefficient (Wildman–Crippen LogP) is 6.03. The molecule has 0 spiro atoms. The molecular weight excluding hydrogens is 624 g/mol. The van der Waals surface area contributed by atoms with Crippen LogP contribution in [-0.2, 0) is 22.6 Å². The maximum atomic E-state index is 14.5. The lowest BCUT2D eigenvalue weighted by Crippen LogP contribution is -2.50. The third-order valence-electron chi connectivity index (χ3n) is 9.29. The van der Waals surface area contributed by atoms with Crippen LogP contribution in [0, 0.1) is 11.2 Å². The molecule has 0 bridgehead atoms. The standard InChI is InChI=1S/C32H30F4N6O3S/c1-2-41(46(44,45)27-18-38-40(19-27)24-10-11-24)26-7-3-21-13-29-20(16-39-42(29)25-8-5-23(33)6-9-25)14-31(21,15-26)30(43)28-12-4-22(17-37-28)32(34,35)36/h4-6,8-9,12-13,16-19,24,26H,2-3,7,10-11,14-15H2,1H3/t26-,31-/m0/s1. The second kappa shape index (κ2) is 11.0. The van der Waals surface area contributed by atoms with Gasteiger partial charge >= 0.3 is 6.18 Å². The number of halogens is 4. The van der Waals surface area contributed by atoms with Crippen LogP contribution < -0.4 is 0 Å². The van der Waals surface area contributed by atoms with Crippen LogP contribution in [0.15, 0.2) is 71.7 Å². The Bertz CT molecular complexity index is 1950. The minimum absolute atomic E-state index is 0.0823. The summed E-state index contributed by atoms with van der Waals surface area (Å²) in [6.45, 7) is 1.89. The lowest BCUT2D eigenvalue weighted by Gasteiger charge is -2.46. The minimum Gasteiger partial charge on any atom is -0.291 e. The third-order valence-corrected chi connectivity index (χ3v) is 11.3. The number of carbonyl (C=O) groups excluding carboxylic acids is 1. The van der Waals surface area contributed by atoms with Gasteiger partial charge in [-0.15, -0.1) is 0 Å². The summed E-state index contributed by atoms with van der Waals surface area (Å²) in [5, 5.41) is 8.77.